The second-order valence-electron chi connectivity index (χ2n) is 7.70. The van der Waals surface area contributed by atoms with Crippen LogP contribution in [0.1, 0.15) is 29.7 Å². The van der Waals surface area contributed by atoms with Crippen molar-refractivity contribution in [2.75, 3.05) is 17.7 Å². The molecule has 3 aromatic rings. The molecule has 9 heteroatoms. The smallest absolute Gasteiger partial charge is 0.247 e. The molecule has 1 unspecified atom stereocenters. The van der Waals surface area contributed by atoms with Gasteiger partial charge in [0.25, 0.3) is 0 Å². The van der Waals surface area contributed by atoms with E-state index in [9.17, 15) is 13.2 Å². The second kappa shape index (κ2) is 8.05. The Bertz CT molecular complexity index is 1190. The van der Waals surface area contributed by atoms with Gasteiger partial charge in [-0.15, -0.1) is 0 Å². The molecule has 3 heterocycles. The summed E-state index contributed by atoms with van der Waals surface area (Å²) < 4.78 is 26.8. The molecule has 1 atom stereocenters. The Hall–Kier alpha value is -2.36. The van der Waals surface area contributed by atoms with Crippen molar-refractivity contribution < 1.29 is 13.2 Å². The maximum Gasteiger partial charge on any atom is 0.247 e. The Morgan fingerprint density at radius 2 is 2.10 bits per heavy atom. The molecule has 0 bridgehead atoms. The lowest BCUT2D eigenvalue weighted by Crippen LogP contribution is -2.47. The van der Waals surface area contributed by atoms with Gasteiger partial charge >= 0.3 is 0 Å². The molecule has 30 heavy (non-hydrogen) atoms. The SMILES string of the molecule is Cc1cc(C)c2sc(N(Cc3ccccn3)C(=O)C3CCCN3S(C)(=O)=O)nc2c1. The lowest BCUT2D eigenvalue weighted by atomic mass is 10.1. The lowest BCUT2D eigenvalue weighted by Gasteiger charge is -2.27. The fraction of sp³-hybridized carbons (Fsp3) is 0.381. The molecule has 0 saturated carbocycles. The summed E-state index contributed by atoms with van der Waals surface area (Å²) in [6.07, 6.45) is 4.01. The topological polar surface area (TPSA) is 83.5 Å². The molecule has 0 spiro atoms. The molecular formula is C21H24N4O3S2. The molecule has 1 amide bonds. The Morgan fingerprint density at radius 1 is 1.30 bits per heavy atom. The third-order valence-corrected chi connectivity index (χ3v) is 7.79. The van der Waals surface area contributed by atoms with E-state index in [0.717, 1.165) is 33.3 Å². The first-order valence-electron chi connectivity index (χ1n) is 9.80. The van der Waals surface area contributed by atoms with Gasteiger partial charge in [0, 0.05) is 12.7 Å². The molecule has 2 aromatic heterocycles. The van der Waals surface area contributed by atoms with Crippen LogP contribution in [0.2, 0.25) is 0 Å². The first kappa shape index (κ1) is 20.9. The maximum absolute atomic E-state index is 13.6. The molecule has 4 rings (SSSR count). The predicted octanol–water partition coefficient (Wildman–Crippen LogP) is 3.27. The number of hydrogen-bond acceptors (Lipinski definition) is 6. The number of amides is 1. The van der Waals surface area contributed by atoms with Gasteiger partial charge in [-0.2, -0.15) is 4.31 Å². The number of carbonyl (C=O) groups excluding carboxylic acids is 1. The number of pyridine rings is 1. The molecular weight excluding hydrogens is 420 g/mol. The highest BCUT2D eigenvalue weighted by molar-refractivity contribution is 7.88. The first-order valence-corrected chi connectivity index (χ1v) is 12.5. The zero-order chi connectivity index (χ0) is 21.5. The van der Waals surface area contributed by atoms with Crippen LogP contribution in [0.4, 0.5) is 5.13 Å². The van der Waals surface area contributed by atoms with Crippen molar-refractivity contribution in [1.82, 2.24) is 14.3 Å². The van der Waals surface area contributed by atoms with Gasteiger partial charge in [-0.25, -0.2) is 13.4 Å². The lowest BCUT2D eigenvalue weighted by molar-refractivity contribution is -0.121. The fourth-order valence-electron chi connectivity index (χ4n) is 3.94. The summed E-state index contributed by atoms with van der Waals surface area (Å²) >= 11 is 1.45. The van der Waals surface area contributed by atoms with Gasteiger partial charge in [0.2, 0.25) is 15.9 Å². The average molecular weight is 445 g/mol. The summed E-state index contributed by atoms with van der Waals surface area (Å²) in [4.78, 5) is 24.3. The number of hydrogen-bond donors (Lipinski definition) is 0. The normalized spacial score (nSPS) is 17.5. The highest BCUT2D eigenvalue weighted by Crippen LogP contribution is 2.34. The standard InChI is InChI=1S/C21H24N4O3S2/c1-14-11-15(2)19-17(12-14)23-21(29-19)24(13-16-7-4-5-9-22-16)20(26)18-8-6-10-25(18)30(3,27)28/h4-5,7,9,11-12,18H,6,8,10,13H2,1-3H3. The summed E-state index contributed by atoms with van der Waals surface area (Å²) in [6.45, 7) is 4.66. The number of aromatic nitrogens is 2. The number of aryl methyl sites for hydroxylation is 2. The van der Waals surface area contributed by atoms with E-state index in [-0.39, 0.29) is 12.5 Å². The predicted molar refractivity (Wildman–Crippen MR) is 119 cm³/mol. The van der Waals surface area contributed by atoms with Crippen LogP contribution in [0.5, 0.6) is 0 Å². The first-order chi connectivity index (χ1) is 14.2. The molecule has 1 fully saturated rings. The number of carbonyl (C=O) groups is 1. The highest BCUT2D eigenvalue weighted by atomic mass is 32.2. The van der Waals surface area contributed by atoms with E-state index in [0.29, 0.717) is 24.5 Å². The molecule has 0 aliphatic carbocycles. The number of benzene rings is 1. The van der Waals surface area contributed by atoms with E-state index in [2.05, 4.69) is 11.1 Å². The third kappa shape index (κ3) is 4.10. The van der Waals surface area contributed by atoms with E-state index in [1.807, 2.05) is 38.1 Å². The number of rotatable bonds is 5. The number of sulfonamides is 1. The molecule has 0 N–H and O–H groups in total. The van der Waals surface area contributed by atoms with Crippen LogP contribution in [-0.4, -0.2) is 47.4 Å². The number of anilines is 1. The maximum atomic E-state index is 13.6. The van der Waals surface area contributed by atoms with Crippen LogP contribution in [0.25, 0.3) is 10.2 Å². The highest BCUT2D eigenvalue weighted by Gasteiger charge is 2.39. The van der Waals surface area contributed by atoms with Gasteiger partial charge in [0.1, 0.15) is 6.04 Å². The van der Waals surface area contributed by atoms with Crippen molar-refractivity contribution in [3.05, 3.63) is 53.3 Å². The van der Waals surface area contributed by atoms with Gasteiger partial charge < -0.3 is 0 Å². The summed E-state index contributed by atoms with van der Waals surface area (Å²) in [7, 11) is -3.47. The molecule has 158 valence electrons. The summed E-state index contributed by atoms with van der Waals surface area (Å²) in [5.41, 5.74) is 3.79. The molecule has 1 aliphatic rings. The molecule has 1 aromatic carbocycles. The Balaban J connectivity index is 1.77. The van der Waals surface area contributed by atoms with Crippen LogP contribution >= 0.6 is 11.3 Å². The van der Waals surface area contributed by atoms with E-state index in [4.69, 9.17) is 4.98 Å². The minimum Gasteiger partial charge on any atom is -0.281 e. The minimum atomic E-state index is -3.47. The summed E-state index contributed by atoms with van der Waals surface area (Å²) in [6, 6.07) is 8.93. The Kier molecular flexibility index (Phi) is 5.61. The Morgan fingerprint density at radius 3 is 2.80 bits per heavy atom. The average Bonchev–Trinajstić information content (AvgIpc) is 3.33. The van der Waals surface area contributed by atoms with Crippen molar-refractivity contribution in [2.45, 2.75) is 39.3 Å². The number of thiazole rings is 1. The van der Waals surface area contributed by atoms with Crippen molar-refractivity contribution in [2.24, 2.45) is 0 Å². The second-order valence-corrected chi connectivity index (χ2v) is 10.6. The van der Waals surface area contributed by atoms with Gasteiger partial charge in [-0.05, 0) is 56.0 Å². The van der Waals surface area contributed by atoms with Crippen LogP contribution in [0, 0.1) is 13.8 Å². The van der Waals surface area contributed by atoms with Gasteiger partial charge in [0.05, 0.1) is 28.7 Å². The van der Waals surface area contributed by atoms with Gasteiger partial charge in [-0.3, -0.25) is 14.7 Å². The quantitative estimate of drug-likeness (QED) is 0.603. The van der Waals surface area contributed by atoms with Crippen LogP contribution < -0.4 is 4.90 Å². The van der Waals surface area contributed by atoms with Crippen molar-refractivity contribution in [3.63, 3.8) is 0 Å². The zero-order valence-corrected chi connectivity index (χ0v) is 18.8. The van der Waals surface area contributed by atoms with E-state index < -0.39 is 16.1 Å². The van der Waals surface area contributed by atoms with Crippen LogP contribution in [0.3, 0.4) is 0 Å². The van der Waals surface area contributed by atoms with Gasteiger partial charge in [-0.1, -0.05) is 23.5 Å². The van der Waals surface area contributed by atoms with E-state index in [1.165, 1.54) is 15.6 Å². The van der Waals surface area contributed by atoms with Crippen molar-refractivity contribution in [1.29, 1.82) is 0 Å². The summed E-state index contributed by atoms with van der Waals surface area (Å²) in [5, 5.41) is 0.565. The fourth-order valence-corrected chi connectivity index (χ4v) is 6.08. The van der Waals surface area contributed by atoms with Crippen molar-refractivity contribution in [3.8, 4) is 0 Å². The molecule has 1 saturated heterocycles. The van der Waals surface area contributed by atoms with Gasteiger partial charge in [0.15, 0.2) is 5.13 Å². The monoisotopic (exact) mass is 444 g/mol. The number of fused-ring (bicyclic) bond motifs is 1. The van der Waals surface area contributed by atoms with Crippen molar-refractivity contribution >= 4 is 42.6 Å². The molecule has 0 radical (unpaired) electrons. The summed E-state index contributed by atoms with van der Waals surface area (Å²) in [5.74, 6) is -0.253. The zero-order valence-electron chi connectivity index (χ0n) is 17.2. The van der Waals surface area contributed by atoms with E-state index >= 15 is 0 Å². The molecule has 7 nitrogen and oxygen atoms in total. The third-order valence-electron chi connectivity index (χ3n) is 5.27. The Labute approximate surface area is 180 Å². The van der Waals surface area contributed by atoms with Crippen LogP contribution in [-0.2, 0) is 21.4 Å². The molecule has 1 aliphatic heterocycles. The van der Waals surface area contributed by atoms with Crippen LogP contribution in [0.15, 0.2) is 36.5 Å². The largest absolute Gasteiger partial charge is 0.281 e. The van der Waals surface area contributed by atoms with E-state index in [1.54, 1.807) is 11.1 Å². The number of nitrogens with zero attached hydrogens (tertiary/aromatic N) is 4. The minimum absolute atomic E-state index is 0.242.